The molecule has 0 saturated heterocycles. The smallest absolute Gasteiger partial charge is 0.305 e. The van der Waals surface area contributed by atoms with E-state index in [4.69, 9.17) is 5.11 Å². The summed E-state index contributed by atoms with van der Waals surface area (Å²) in [5, 5.41) is 9.05. The van der Waals surface area contributed by atoms with Crippen LogP contribution in [-0.2, 0) is 14.8 Å². The van der Waals surface area contributed by atoms with Gasteiger partial charge in [0.1, 0.15) is 0 Å². The number of benzene rings is 2. The van der Waals surface area contributed by atoms with Crippen molar-refractivity contribution < 1.29 is 23.1 Å². The van der Waals surface area contributed by atoms with Gasteiger partial charge in [-0.3, -0.25) is 9.59 Å². The standard InChI is InChI=1S/C17H17NO5S/c1-12(19)14-8-5-9-15(10-14)24(22,23)18-16(11-17(20)21)13-6-3-2-4-7-13/h2-10,16,18H,11H2,1H3,(H,20,21). The molecular formula is C17H17NO5S. The first kappa shape index (κ1) is 17.8. The maximum absolute atomic E-state index is 12.6. The van der Waals surface area contributed by atoms with E-state index < -0.39 is 28.5 Å². The largest absolute Gasteiger partial charge is 0.481 e. The van der Waals surface area contributed by atoms with Crippen LogP contribution in [0.1, 0.15) is 35.3 Å². The van der Waals surface area contributed by atoms with Crippen molar-refractivity contribution in [1.29, 1.82) is 0 Å². The lowest BCUT2D eigenvalue weighted by molar-refractivity contribution is -0.137. The molecule has 0 bridgehead atoms. The first-order valence-electron chi connectivity index (χ1n) is 7.19. The number of hydrogen-bond acceptors (Lipinski definition) is 4. The Morgan fingerprint density at radius 2 is 1.75 bits per heavy atom. The number of Topliss-reactive ketones (excluding diaryl/α,β-unsaturated/α-hetero) is 1. The summed E-state index contributed by atoms with van der Waals surface area (Å²) in [5.41, 5.74) is 0.818. The van der Waals surface area contributed by atoms with Gasteiger partial charge in [0.25, 0.3) is 0 Å². The van der Waals surface area contributed by atoms with Gasteiger partial charge in [-0.25, -0.2) is 13.1 Å². The van der Waals surface area contributed by atoms with Gasteiger partial charge in [0.2, 0.25) is 10.0 Å². The molecule has 6 nitrogen and oxygen atoms in total. The highest BCUT2D eigenvalue weighted by atomic mass is 32.2. The highest BCUT2D eigenvalue weighted by Crippen LogP contribution is 2.21. The normalized spacial score (nSPS) is 12.5. The number of carboxylic acids is 1. The molecule has 126 valence electrons. The second-order valence-electron chi connectivity index (χ2n) is 5.27. The zero-order chi connectivity index (χ0) is 17.7. The molecule has 2 rings (SSSR count). The highest BCUT2D eigenvalue weighted by Gasteiger charge is 2.24. The summed E-state index contributed by atoms with van der Waals surface area (Å²) >= 11 is 0. The van der Waals surface area contributed by atoms with Crippen LogP contribution in [0.5, 0.6) is 0 Å². The number of hydrogen-bond donors (Lipinski definition) is 2. The van der Waals surface area contributed by atoms with E-state index >= 15 is 0 Å². The van der Waals surface area contributed by atoms with Crippen molar-refractivity contribution in [2.45, 2.75) is 24.3 Å². The third-order valence-corrected chi connectivity index (χ3v) is 4.90. The van der Waals surface area contributed by atoms with E-state index in [0.29, 0.717) is 5.56 Å². The third-order valence-electron chi connectivity index (χ3n) is 3.43. The molecule has 0 heterocycles. The quantitative estimate of drug-likeness (QED) is 0.749. The lowest BCUT2D eigenvalue weighted by Gasteiger charge is -2.17. The van der Waals surface area contributed by atoms with Crippen molar-refractivity contribution in [2.75, 3.05) is 0 Å². The fraction of sp³-hybridized carbons (Fsp3) is 0.176. The molecule has 0 aliphatic heterocycles. The van der Waals surface area contributed by atoms with Crippen LogP contribution in [0.2, 0.25) is 0 Å². The SMILES string of the molecule is CC(=O)c1cccc(S(=O)(=O)NC(CC(=O)O)c2ccccc2)c1. The Balaban J connectivity index is 2.35. The predicted molar refractivity (Wildman–Crippen MR) is 88.2 cm³/mol. The first-order chi connectivity index (χ1) is 11.3. The van der Waals surface area contributed by atoms with Gasteiger partial charge in [0.15, 0.2) is 5.78 Å². The van der Waals surface area contributed by atoms with E-state index in [9.17, 15) is 18.0 Å². The molecule has 0 spiro atoms. The van der Waals surface area contributed by atoms with Crippen LogP contribution in [0.4, 0.5) is 0 Å². The number of nitrogens with one attached hydrogen (secondary N) is 1. The molecular weight excluding hydrogens is 330 g/mol. The molecule has 0 amide bonds. The minimum atomic E-state index is -3.97. The maximum atomic E-state index is 12.6. The molecule has 0 aliphatic rings. The molecule has 7 heteroatoms. The molecule has 1 atom stereocenters. The van der Waals surface area contributed by atoms with Gasteiger partial charge in [0, 0.05) is 5.56 Å². The first-order valence-corrected chi connectivity index (χ1v) is 8.68. The predicted octanol–water partition coefficient (Wildman–Crippen LogP) is 2.38. The summed E-state index contributed by atoms with van der Waals surface area (Å²) in [7, 11) is -3.97. The topological polar surface area (TPSA) is 101 Å². The van der Waals surface area contributed by atoms with Crippen molar-refractivity contribution in [2.24, 2.45) is 0 Å². The van der Waals surface area contributed by atoms with E-state index in [-0.39, 0.29) is 16.2 Å². The summed E-state index contributed by atoms with van der Waals surface area (Å²) < 4.78 is 27.5. The molecule has 1 unspecified atom stereocenters. The molecule has 0 aliphatic carbocycles. The Kier molecular flexibility index (Phi) is 5.48. The molecule has 0 radical (unpaired) electrons. The van der Waals surface area contributed by atoms with Gasteiger partial charge < -0.3 is 5.11 Å². The molecule has 2 N–H and O–H groups in total. The fourth-order valence-corrected chi connectivity index (χ4v) is 3.49. The Hall–Kier alpha value is -2.51. The molecule has 0 saturated carbocycles. The average molecular weight is 347 g/mol. The molecule has 0 fully saturated rings. The van der Waals surface area contributed by atoms with Crippen LogP contribution in [0.15, 0.2) is 59.5 Å². The highest BCUT2D eigenvalue weighted by molar-refractivity contribution is 7.89. The van der Waals surface area contributed by atoms with Crippen molar-refractivity contribution in [3.8, 4) is 0 Å². The van der Waals surface area contributed by atoms with Crippen LogP contribution < -0.4 is 4.72 Å². The van der Waals surface area contributed by atoms with Crippen LogP contribution >= 0.6 is 0 Å². The van der Waals surface area contributed by atoms with Gasteiger partial charge in [-0.15, -0.1) is 0 Å². The Morgan fingerprint density at radius 1 is 1.08 bits per heavy atom. The number of carbonyl (C=O) groups is 2. The van der Waals surface area contributed by atoms with Crippen molar-refractivity contribution in [3.63, 3.8) is 0 Å². The number of sulfonamides is 1. The van der Waals surface area contributed by atoms with Gasteiger partial charge in [0.05, 0.1) is 17.4 Å². The second kappa shape index (κ2) is 7.37. The molecule has 24 heavy (non-hydrogen) atoms. The van der Waals surface area contributed by atoms with Gasteiger partial charge in [-0.05, 0) is 24.6 Å². The lowest BCUT2D eigenvalue weighted by Crippen LogP contribution is -2.30. The van der Waals surface area contributed by atoms with Crippen LogP contribution in [0.3, 0.4) is 0 Å². The molecule has 2 aromatic carbocycles. The van der Waals surface area contributed by atoms with E-state index in [1.165, 1.54) is 31.2 Å². The minimum Gasteiger partial charge on any atom is -0.481 e. The monoisotopic (exact) mass is 347 g/mol. The summed E-state index contributed by atoms with van der Waals surface area (Å²) in [4.78, 5) is 22.4. The summed E-state index contributed by atoms with van der Waals surface area (Å²) in [6.45, 7) is 1.34. The van der Waals surface area contributed by atoms with Crippen molar-refractivity contribution in [3.05, 3.63) is 65.7 Å². The number of ketones is 1. The fourth-order valence-electron chi connectivity index (χ4n) is 2.23. The Bertz CT molecular complexity index is 846. The zero-order valence-corrected chi connectivity index (χ0v) is 13.8. The Morgan fingerprint density at radius 3 is 2.33 bits per heavy atom. The number of aliphatic carboxylic acids is 1. The van der Waals surface area contributed by atoms with Crippen LogP contribution in [0.25, 0.3) is 0 Å². The molecule has 2 aromatic rings. The maximum Gasteiger partial charge on any atom is 0.305 e. The number of rotatable bonds is 7. The van der Waals surface area contributed by atoms with E-state index in [1.807, 2.05) is 0 Å². The van der Waals surface area contributed by atoms with Crippen LogP contribution in [-0.4, -0.2) is 25.3 Å². The van der Waals surface area contributed by atoms with Crippen molar-refractivity contribution in [1.82, 2.24) is 4.72 Å². The number of carboxylic acid groups (broad SMARTS) is 1. The minimum absolute atomic E-state index is 0.0819. The summed E-state index contributed by atoms with van der Waals surface area (Å²) in [6.07, 6.45) is -0.393. The average Bonchev–Trinajstić information content (AvgIpc) is 2.54. The van der Waals surface area contributed by atoms with E-state index in [1.54, 1.807) is 30.3 Å². The lowest BCUT2D eigenvalue weighted by atomic mass is 10.1. The number of carbonyl (C=O) groups excluding carboxylic acids is 1. The molecule has 0 aromatic heterocycles. The van der Waals surface area contributed by atoms with Gasteiger partial charge in [-0.1, -0.05) is 42.5 Å². The van der Waals surface area contributed by atoms with Crippen LogP contribution in [0, 0.1) is 0 Å². The van der Waals surface area contributed by atoms with Gasteiger partial charge in [-0.2, -0.15) is 0 Å². The van der Waals surface area contributed by atoms with E-state index in [0.717, 1.165) is 0 Å². The Labute approximate surface area is 140 Å². The third kappa shape index (κ3) is 4.50. The summed E-state index contributed by atoms with van der Waals surface area (Å²) in [6, 6.07) is 13.2. The summed E-state index contributed by atoms with van der Waals surface area (Å²) in [5.74, 6) is -1.37. The zero-order valence-electron chi connectivity index (χ0n) is 13.0. The second-order valence-corrected chi connectivity index (χ2v) is 6.98. The van der Waals surface area contributed by atoms with E-state index in [2.05, 4.69) is 4.72 Å². The van der Waals surface area contributed by atoms with Crippen molar-refractivity contribution >= 4 is 21.8 Å². The van der Waals surface area contributed by atoms with Gasteiger partial charge >= 0.3 is 5.97 Å².